The second-order valence-electron chi connectivity index (χ2n) is 4.54. The highest BCUT2D eigenvalue weighted by Crippen LogP contribution is 2.09. The van der Waals surface area contributed by atoms with Crippen molar-refractivity contribution in [3.05, 3.63) is 40.3 Å². The number of benzene rings is 1. The third kappa shape index (κ3) is 2.36. The molecule has 0 atom stereocenters. The molecule has 100 valence electrons. The van der Waals surface area contributed by atoms with Gasteiger partial charge in [-0.15, -0.1) is 0 Å². The maximum Gasteiger partial charge on any atom is 0.282 e. The van der Waals surface area contributed by atoms with Crippen LogP contribution in [-0.2, 0) is 7.05 Å². The lowest BCUT2D eigenvalue weighted by molar-refractivity contribution is 0.0787. The molecule has 0 radical (unpaired) electrons. The van der Waals surface area contributed by atoms with Crippen LogP contribution in [0.25, 0.3) is 11.0 Å². The average molecular weight is 259 g/mol. The van der Waals surface area contributed by atoms with E-state index in [1.165, 1.54) is 9.47 Å². The molecule has 5 heteroatoms. The number of carbonyl (C=O) groups is 1. The molecule has 2 aromatic rings. The van der Waals surface area contributed by atoms with E-state index in [1.807, 2.05) is 25.1 Å². The Kier molecular flexibility index (Phi) is 3.64. The van der Waals surface area contributed by atoms with Crippen molar-refractivity contribution >= 4 is 16.9 Å². The van der Waals surface area contributed by atoms with Crippen molar-refractivity contribution in [2.75, 3.05) is 13.6 Å². The Hall–Kier alpha value is -2.17. The first kappa shape index (κ1) is 13.3. The number of carbonyl (C=O) groups excluding carboxylic acids is 1. The minimum Gasteiger partial charge on any atom is -0.340 e. The molecule has 0 N–H and O–H groups in total. The highest BCUT2D eigenvalue weighted by molar-refractivity contribution is 5.93. The maximum absolute atomic E-state index is 12.2. The fraction of sp³-hybridized carbons (Fsp3) is 0.357. The summed E-state index contributed by atoms with van der Waals surface area (Å²) in [4.78, 5) is 30.1. The van der Waals surface area contributed by atoms with Crippen LogP contribution < -0.4 is 5.56 Å². The summed E-state index contributed by atoms with van der Waals surface area (Å²) in [6.45, 7) is 2.59. The van der Waals surface area contributed by atoms with Crippen molar-refractivity contribution in [1.82, 2.24) is 14.5 Å². The Labute approximate surface area is 111 Å². The standard InChI is InChI=1S/C14H17N3O2/c1-4-9-16(2)13(18)12-14(19)17(3)11-8-6-5-7-10(11)15-12/h5-8H,4,9H2,1-3H3. The Morgan fingerprint density at radius 3 is 2.74 bits per heavy atom. The van der Waals surface area contributed by atoms with E-state index in [-0.39, 0.29) is 17.2 Å². The van der Waals surface area contributed by atoms with Crippen LogP contribution in [0.2, 0.25) is 0 Å². The van der Waals surface area contributed by atoms with Crippen LogP contribution in [0, 0.1) is 0 Å². The molecule has 0 aliphatic heterocycles. The molecule has 1 aromatic carbocycles. The fourth-order valence-corrected chi connectivity index (χ4v) is 2.04. The fourth-order valence-electron chi connectivity index (χ4n) is 2.04. The molecule has 0 unspecified atom stereocenters. The van der Waals surface area contributed by atoms with Crippen LogP contribution in [0.15, 0.2) is 29.1 Å². The smallest absolute Gasteiger partial charge is 0.282 e. The van der Waals surface area contributed by atoms with Gasteiger partial charge in [0.2, 0.25) is 0 Å². The SMILES string of the molecule is CCCN(C)C(=O)c1nc2ccccc2n(C)c1=O. The Balaban J connectivity index is 2.59. The molecular weight excluding hydrogens is 242 g/mol. The van der Waals surface area contributed by atoms with Crippen LogP contribution in [0.4, 0.5) is 0 Å². The van der Waals surface area contributed by atoms with Gasteiger partial charge in [0.05, 0.1) is 11.0 Å². The molecule has 1 amide bonds. The van der Waals surface area contributed by atoms with E-state index in [1.54, 1.807) is 20.2 Å². The van der Waals surface area contributed by atoms with Crippen LogP contribution in [0.5, 0.6) is 0 Å². The zero-order valence-electron chi connectivity index (χ0n) is 11.4. The van der Waals surface area contributed by atoms with Gasteiger partial charge in [0.1, 0.15) is 0 Å². The van der Waals surface area contributed by atoms with E-state index in [0.29, 0.717) is 12.1 Å². The number of para-hydroxylation sites is 2. The molecule has 0 aliphatic rings. The quantitative estimate of drug-likeness (QED) is 0.837. The molecule has 1 aromatic heterocycles. The third-order valence-electron chi connectivity index (χ3n) is 3.09. The second-order valence-corrected chi connectivity index (χ2v) is 4.54. The molecule has 5 nitrogen and oxygen atoms in total. The van der Waals surface area contributed by atoms with E-state index in [4.69, 9.17) is 0 Å². The van der Waals surface area contributed by atoms with Crippen molar-refractivity contribution in [2.24, 2.45) is 7.05 Å². The normalized spacial score (nSPS) is 10.7. The van der Waals surface area contributed by atoms with Gasteiger partial charge in [-0.2, -0.15) is 0 Å². The van der Waals surface area contributed by atoms with Gasteiger partial charge in [0, 0.05) is 20.6 Å². The minimum absolute atomic E-state index is 0.0165. The van der Waals surface area contributed by atoms with Gasteiger partial charge in [-0.1, -0.05) is 19.1 Å². The first-order valence-electron chi connectivity index (χ1n) is 6.27. The molecular formula is C14H17N3O2. The molecule has 1 heterocycles. The van der Waals surface area contributed by atoms with Gasteiger partial charge >= 0.3 is 0 Å². The molecule has 0 saturated carbocycles. The number of nitrogens with zero attached hydrogens (tertiary/aromatic N) is 3. The van der Waals surface area contributed by atoms with Gasteiger partial charge < -0.3 is 9.47 Å². The number of hydrogen-bond acceptors (Lipinski definition) is 3. The lowest BCUT2D eigenvalue weighted by Gasteiger charge is -2.16. The lowest BCUT2D eigenvalue weighted by Crippen LogP contribution is -2.35. The molecule has 0 saturated heterocycles. The van der Waals surface area contributed by atoms with E-state index in [0.717, 1.165) is 11.9 Å². The number of hydrogen-bond donors (Lipinski definition) is 0. The summed E-state index contributed by atoms with van der Waals surface area (Å²) >= 11 is 0. The maximum atomic E-state index is 12.2. The summed E-state index contributed by atoms with van der Waals surface area (Å²) in [5.41, 5.74) is 1.00. The highest BCUT2D eigenvalue weighted by Gasteiger charge is 2.18. The predicted molar refractivity (Wildman–Crippen MR) is 74.2 cm³/mol. The minimum atomic E-state index is -0.355. The predicted octanol–water partition coefficient (Wildman–Crippen LogP) is 1.42. The molecule has 0 bridgehead atoms. The van der Waals surface area contributed by atoms with Gasteiger partial charge in [-0.25, -0.2) is 4.98 Å². The lowest BCUT2D eigenvalue weighted by atomic mass is 10.2. The van der Waals surface area contributed by atoms with Crippen molar-refractivity contribution in [3.63, 3.8) is 0 Å². The third-order valence-corrected chi connectivity index (χ3v) is 3.09. The average Bonchev–Trinajstić information content (AvgIpc) is 2.42. The Bertz CT molecular complexity index is 676. The first-order chi connectivity index (χ1) is 9.06. The van der Waals surface area contributed by atoms with E-state index >= 15 is 0 Å². The van der Waals surface area contributed by atoms with Crippen LogP contribution in [0.1, 0.15) is 23.8 Å². The van der Waals surface area contributed by atoms with Crippen molar-refractivity contribution < 1.29 is 4.79 Å². The molecule has 0 spiro atoms. The van der Waals surface area contributed by atoms with Crippen molar-refractivity contribution in [2.45, 2.75) is 13.3 Å². The van der Waals surface area contributed by atoms with Crippen LogP contribution in [-0.4, -0.2) is 34.0 Å². The van der Waals surface area contributed by atoms with Crippen molar-refractivity contribution in [1.29, 1.82) is 0 Å². The molecule has 0 fully saturated rings. The summed E-state index contributed by atoms with van der Waals surface area (Å²) in [6.07, 6.45) is 0.843. The summed E-state index contributed by atoms with van der Waals surface area (Å²) in [7, 11) is 3.34. The van der Waals surface area contributed by atoms with Gasteiger partial charge in [-0.3, -0.25) is 9.59 Å². The summed E-state index contributed by atoms with van der Waals surface area (Å²) in [6, 6.07) is 7.29. The Morgan fingerprint density at radius 1 is 1.37 bits per heavy atom. The highest BCUT2D eigenvalue weighted by atomic mass is 16.2. The zero-order chi connectivity index (χ0) is 14.0. The summed E-state index contributed by atoms with van der Waals surface area (Å²) in [5.74, 6) is -0.326. The van der Waals surface area contributed by atoms with E-state index in [2.05, 4.69) is 4.98 Å². The number of rotatable bonds is 3. The van der Waals surface area contributed by atoms with Gasteiger partial charge in [-0.05, 0) is 18.6 Å². The molecule has 2 rings (SSSR count). The second kappa shape index (κ2) is 5.22. The number of amides is 1. The van der Waals surface area contributed by atoms with Crippen LogP contribution >= 0.6 is 0 Å². The number of aromatic nitrogens is 2. The number of fused-ring (bicyclic) bond motifs is 1. The van der Waals surface area contributed by atoms with Gasteiger partial charge in [0.15, 0.2) is 5.69 Å². The largest absolute Gasteiger partial charge is 0.340 e. The van der Waals surface area contributed by atoms with E-state index < -0.39 is 0 Å². The Morgan fingerprint density at radius 2 is 2.05 bits per heavy atom. The number of aryl methyl sites for hydroxylation is 1. The topological polar surface area (TPSA) is 55.2 Å². The zero-order valence-corrected chi connectivity index (χ0v) is 11.4. The summed E-state index contributed by atoms with van der Waals surface area (Å²) < 4.78 is 1.47. The molecule has 0 aliphatic carbocycles. The van der Waals surface area contributed by atoms with Gasteiger partial charge in [0.25, 0.3) is 11.5 Å². The monoisotopic (exact) mass is 259 g/mol. The molecule has 19 heavy (non-hydrogen) atoms. The van der Waals surface area contributed by atoms with Crippen LogP contribution in [0.3, 0.4) is 0 Å². The van der Waals surface area contributed by atoms with E-state index in [9.17, 15) is 9.59 Å². The van der Waals surface area contributed by atoms with Crippen molar-refractivity contribution in [3.8, 4) is 0 Å². The first-order valence-corrected chi connectivity index (χ1v) is 6.27. The summed E-state index contributed by atoms with van der Waals surface area (Å²) in [5, 5.41) is 0.